The minimum Gasteiger partial charge on any atom is -0.451 e. The summed E-state index contributed by atoms with van der Waals surface area (Å²) >= 11 is 1.58. The standard InChI is InChI=1S/C16H18N2O4S/c1-10(14(17)20)22-15(21)12-9-23-16(8-7-13(19)18(12)16)11-5-3-2-4-6-11/h2-6,10,12H,7-9H2,1H3,(H2,17,20)/t10-,12-,16+/m0/s1. The third kappa shape index (κ3) is 2.59. The van der Waals surface area contributed by atoms with Gasteiger partial charge in [0.15, 0.2) is 6.10 Å². The molecule has 0 radical (unpaired) electrons. The summed E-state index contributed by atoms with van der Waals surface area (Å²) in [7, 11) is 0. The minimum atomic E-state index is -1.00. The van der Waals surface area contributed by atoms with E-state index < -0.39 is 28.9 Å². The molecule has 23 heavy (non-hydrogen) atoms. The first-order valence-corrected chi connectivity index (χ1v) is 8.46. The largest absolute Gasteiger partial charge is 0.451 e. The fraction of sp³-hybridized carbons (Fsp3) is 0.438. The van der Waals surface area contributed by atoms with Gasteiger partial charge in [0.25, 0.3) is 5.91 Å². The van der Waals surface area contributed by atoms with Crippen molar-refractivity contribution in [1.82, 2.24) is 4.90 Å². The zero-order valence-corrected chi connectivity index (χ0v) is 13.5. The van der Waals surface area contributed by atoms with E-state index in [2.05, 4.69) is 0 Å². The van der Waals surface area contributed by atoms with E-state index in [4.69, 9.17) is 10.5 Å². The Morgan fingerprint density at radius 2 is 2.09 bits per heavy atom. The summed E-state index contributed by atoms with van der Waals surface area (Å²) in [5, 5.41) is 0. The number of benzene rings is 1. The first-order chi connectivity index (χ1) is 11.0. The highest BCUT2D eigenvalue weighted by atomic mass is 32.2. The molecule has 3 rings (SSSR count). The number of ether oxygens (including phenoxy) is 1. The van der Waals surface area contributed by atoms with Crippen LogP contribution in [0.3, 0.4) is 0 Å². The van der Waals surface area contributed by atoms with E-state index in [-0.39, 0.29) is 5.91 Å². The molecule has 3 atom stereocenters. The zero-order valence-electron chi connectivity index (χ0n) is 12.7. The quantitative estimate of drug-likeness (QED) is 0.830. The van der Waals surface area contributed by atoms with Gasteiger partial charge >= 0.3 is 5.97 Å². The molecule has 2 N–H and O–H groups in total. The van der Waals surface area contributed by atoms with Gasteiger partial charge in [0, 0.05) is 12.2 Å². The Labute approximate surface area is 138 Å². The number of amides is 2. The van der Waals surface area contributed by atoms with Crippen LogP contribution in [0.2, 0.25) is 0 Å². The number of esters is 1. The van der Waals surface area contributed by atoms with Crippen LogP contribution in [-0.4, -0.2) is 40.6 Å². The van der Waals surface area contributed by atoms with E-state index in [1.54, 1.807) is 16.7 Å². The van der Waals surface area contributed by atoms with Crippen molar-refractivity contribution in [3.05, 3.63) is 35.9 Å². The fourth-order valence-corrected chi connectivity index (χ4v) is 4.76. The van der Waals surface area contributed by atoms with Gasteiger partial charge in [0.2, 0.25) is 5.91 Å². The van der Waals surface area contributed by atoms with Gasteiger partial charge in [0.1, 0.15) is 10.9 Å². The molecule has 2 aliphatic rings. The summed E-state index contributed by atoms with van der Waals surface area (Å²) in [5.74, 6) is -0.888. The van der Waals surface area contributed by atoms with E-state index >= 15 is 0 Å². The van der Waals surface area contributed by atoms with Crippen LogP contribution in [0.25, 0.3) is 0 Å². The molecular formula is C16H18N2O4S. The maximum absolute atomic E-state index is 12.4. The summed E-state index contributed by atoms with van der Waals surface area (Å²) in [6.07, 6.45) is 0.0594. The molecule has 6 nitrogen and oxygen atoms in total. The molecule has 2 fully saturated rings. The van der Waals surface area contributed by atoms with E-state index in [1.165, 1.54) is 6.92 Å². The second-order valence-electron chi connectivity index (χ2n) is 5.72. The van der Waals surface area contributed by atoms with Crippen LogP contribution in [-0.2, 0) is 24.0 Å². The van der Waals surface area contributed by atoms with Gasteiger partial charge in [0.05, 0.1) is 0 Å². The van der Waals surface area contributed by atoms with Gasteiger partial charge in [-0.3, -0.25) is 9.59 Å². The van der Waals surface area contributed by atoms with Crippen LogP contribution in [0.1, 0.15) is 25.3 Å². The Morgan fingerprint density at radius 1 is 1.39 bits per heavy atom. The Morgan fingerprint density at radius 3 is 2.74 bits per heavy atom. The average molecular weight is 334 g/mol. The molecule has 1 aromatic carbocycles. The van der Waals surface area contributed by atoms with Crippen molar-refractivity contribution in [2.24, 2.45) is 5.73 Å². The number of primary amides is 1. The van der Waals surface area contributed by atoms with Crippen molar-refractivity contribution in [1.29, 1.82) is 0 Å². The lowest BCUT2D eigenvalue weighted by molar-refractivity contribution is -0.161. The molecular weight excluding hydrogens is 316 g/mol. The maximum Gasteiger partial charge on any atom is 0.330 e. The number of hydrogen-bond acceptors (Lipinski definition) is 5. The lowest BCUT2D eigenvalue weighted by Gasteiger charge is -2.33. The molecule has 0 bridgehead atoms. The van der Waals surface area contributed by atoms with Crippen LogP contribution in [0.15, 0.2) is 30.3 Å². The van der Waals surface area contributed by atoms with Crippen molar-refractivity contribution < 1.29 is 19.1 Å². The summed E-state index contributed by atoms with van der Waals surface area (Å²) in [6.45, 7) is 1.43. The molecule has 2 aliphatic heterocycles. The average Bonchev–Trinajstić information content (AvgIpc) is 3.08. The molecule has 0 saturated carbocycles. The SMILES string of the molecule is C[C@H](OC(=O)[C@@H]1CS[C@@]2(c3ccccc3)CCC(=O)N12)C(N)=O. The van der Waals surface area contributed by atoms with Gasteiger partial charge in [-0.05, 0) is 18.9 Å². The van der Waals surface area contributed by atoms with Crippen LogP contribution < -0.4 is 5.73 Å². The zero-order chi connectivity index (χ0) is 16.6. The first-order valence-electron chi connectivity index (χ1n) is 7.47. The smallest absolute Gasteiger partial charge is 0.330 e. The number of nitrogens with two attached hydrogens (primary N) is 1. The molecule has 0 unspecified atom stereocenters. The number of carbonyl (C=O) groups excluding carboxylic acids is 3. The Balaban J connectivity index is 1.87. The van der Waals surface area contributed by atoms with Crippen LogP contribution in [0.4, 0.5) is 0 Å². The van der Waals surface area contributed by atoms with E-state index in [1.807, 2.05) is 30.3 Å². The van der Waals surface area contributed by atoms with Gasteiger partial charge in [-0.1, -0.05) is 30.3 Å². The van der Waals surface area contributed by atoms with Crippen molar-refractivity contribution >= 4 is 29.5 Å². The van der Waals surface area contributed by atoms with Gasteiger partial charge in [-0.2, -0.15) is 0 Å². The second-order valence-corrected chi connectivity index (χ2v) is 7.02. The first kappa shape index (κ1) is 15.9. The van der Waals surface area contributed by atoms with Crippen molar-refractivity contribution in [3.8, 4) is 0 Å². The summed E-state index contributed by atoms with van der Waals surface area (Å²) in [4.78, 5) is 37.0. The number of thioether (sulfide) groups is 1. The van der Waals surface area contributed by atoms with E-state index in [0.717, 1.165) is 5.56 Å². The minimum absolute atomic E-state index is 0.0625. The monoisotopic (exact) mass is 334 g/mol. The lowest BCUT2D eigenvalue weighted by Crippen LogP contribution is -2.48. The number of carbonyl (C=O) groups is 3. The van der Waals surface area contributed by atoms with Crippen LogP contribution >= 0.6 is 11.8 Å². The van der Waals surface area contributed by atoms with E-state index in [9.17, 15) is 14.4 Å². The molecule has 2 amide bonds. The lowest BCUT2D eigenvalue weighted by atomic mass is 10.0. The highest BCUT2D eigenvalue weighted by Crippen LogP contribution is 2.54. The van der Waals surface area contributed by atoms with E-state index in [0.29, 0.717) is 18.6 Å². The van der Waals surface area contributed by atoms with Gasteiger partial charge < -0.3 is 15.4 Å². The molecule has 2 heterocycles. The molecule has 0 spiro atoms. The van der Waals surface area contributed by atoms with Crippen molar-refractivity contribution in [2.45, 2.75) is 36.8 Å². The highest BCUT2D eigenvalue weighted by molar-refractivity contribution is 8.00. The summed E-state index contributed by atoms with van der Waals surface area (Å²) < 4.78 is 5.11. The Hall–Kier alpha value is -2.02. The number of fused-ring (bicyclic) bond motifs is 1. The number of rotatable bonds is 4. The molecule has 0 aromatic heterocycles. The topological polar surface area (TPSA) is 89.7 Å². The second kappa shape index (κ2) is 5.88. The normalized spacial score (nSPS) is 27.6. The van der Waals surface area contributed by atoms with Crippen molar-refractivity contribution in [3.63, 3.8) is 0 Å². The van der Waals surface area contributed by atoms with Crippen LogP contribution in [0.5, 0.6) is 0 Å². The predicted molar refractivity (Wildman–Crippen MR) is 85.2 cm³/mol. The molecule has 1 aromatic rings. The highest BCUT2D eigenvalue weighted by Gasteiger charge is 2.57. The molecule has 0 aliphatic carbocycles. The van der Waals surface area contributed by atoms with Gasteiger partial charge in [-0.15, -0.1) is 11.8 Å². The van der Waals surface area contributed by atoms with Crippen LogP contribution in [0, 0.1) is 0 Å². The number of hydrogen-bond donors (Lipinski definition) is 1. The molecule has 7 heteroatoms. The maximum atomic E-state index is 12.4. The van der Waals surface area contributed by atoms with Crippen molar-refractivity contribution in [2.75, 3.05) is 5.75 Å². The fourth-order valence-electron chi connectivity index (χ4n) is 3.13. The van der Waals surface area contributed by atoms with Gasteiger partial charge in [-0.25, -0.2) is 4.79 Å². The third-order valence-corrected chi connectivity index (χ3v) is 5.91. The molecule has 2 saturated heterocycles. The molecule has 122 valence electrons. The third-order valence-electron chi connectivity index (χ3n) is 4.32. The Bertz CT molecular complexity index is 651. The Kier molecular flexibility index (Phi) is 4.06. The number of nitrogens with zero attached hydrogens (tertiary/aromatic N) is 1. The summed E-state index contributed by atoms with van der Waals surface area (Å²) in [6, 6.07) is 9.02. The summed E-state index contributed by atoms with van der Waals surface area (Å²) in [5.41, 5.74) is 6.14. The predicted octanol–water partition coefficient (Wildman–Crippen LogP) is 0.994.